The average Bonchev–Trinajstić information content (AvgIpc) is 2.62. The van der Waals surface area contributed by atoms with Gasteiger partial charge in [0.05, 0.1) is 16.3 Å². The molecule has 1 N–H and O–H groups in total. The van der Waals surface area contributed by atoms with Crippen molar-refractivity contribution < 1.29 is 22.8 Å². The molecule has 0 aromatic heterocycles. The van der Waals surface area contributed by atoms with E-state index < -0.39 is 23.6 Å². The number of nitrogens with one attached hydrogen (secondary N) is 1. The minimum atomic E-state index is -4.51. The van der Waals surface area contributed by atoms with Crippen molar-refractivity contribution in [3.63, 3.8) is 0 Å². The summed E-state index contributed by atoms with van der Waals surface area (Å²) >= 11 is 5.68. The number of rotatable bonds is 2. The molecular weight excluding hydrogens is 285 g/mol. The number of carbonyl (C=O) groups is 2. The van der Waals surface area contributed by atoms with Crippen LogP contribution in [0.2, 0.25) is 5.02 Å². The van der Waals surface area contributed by atoms with Gasteiger partial charge >= 0.3 is 6.18 Å². The van der Waals surface area contributed by atoms with Gasteiger partial charge in [0, 0.05) is 12.2 Å². The first-order chi connectivity index (χ1) is 8.79. The van der Waals surface area contributed by atoms with Crippen LogP contribution in [0.4, 0.5) is 18.9 Å². The molecule has 2 amide bonds. The van der Waals surface area contributed by atoms with E-state index in [0.717, 1.165) is 24.3 Å². The van der Waals surface area contributed by atoms with Crippen LogP contribution < -0.4 is 5.43 Å². The van der Waals surface area contributed by atoms with Crippen LogP contribution in [0.3, 0.4) is 0 Å². The van der Waals surface area contributed by atoms with E-state index in [1.54, 1.807) is 0 Å². The van der Waals surface area contributed by atoms with Gasteiger partial charge in [0.2, 0.25) is 0 Å². The number of hydrogen-bond acceptors (Lipinski definition) is 3. The van der Waals surface area contributed by atoms with Gasteiger partial charge in [0.25, 0.3) is 11.8 Å². The number of hydrazine groups is 1. The van der Waals surface area contributed by atoms with E-state index in [-0.39, 0.29) is 10.7 Å². The Labute approximate surface area is 110 Å². The van der Waals surface area contributed by atoms with Gasteiger partial charge in [-0.1, -0.05) is 11.6 Å². The van der Waals surface area contributed by atoms with Crippen molar-refractivity contribution in [3.05, 3.63) is 40.9 Å². The summed E-state index contributed by atoms with van der Waals surface area (Å²) in [6.45, 7) is 0. The molecule has 0 spiro atoms. The first-order valence-corrected chi connectivity index (χ1v) is 5.36. The number of alkyl halides is 3. The molecule has 2 rings (SSSR count). The minimum absolute atomic E-state index is 0.0278. The Morgan fingerprint density at radius 3 is 2.16 bits per heavy atom. The number of halogens is 4. The van der Waals surface area contributed by atoms with Gasteiger partial charge in [-0.15, -0.1) is 0 Å². The van der Waals surface area contributed by atoms with E-state index in [1.165, 1.54) is 0 Å². The number of hydrogen-bond donors (Lipinski definition) is 1. The summed E-state index contributed by atoms with van der Waals surface area (Å²) < 4.78 is 37.3. The predicted octanol–water partition coefficient (Wildman–Crippen LogP) is 2.61. The summed E-state index contributed by atoms with van der Waals surface area (Å²) in [5.74, 6) is -1.25. The number of nitrogens with zero attached hydrogens (tertiary/aromatic N) is 1. The Morgan fingerprint density at radius 2 is 1.68 bits per heavy atom. The van der Waals surface area contributed by atoms with Crippen molar-refractivity contribution in [2.24, 2.45) is 0 Å². The molecule has 0 bridgehead atoms. The molecule has 1 aliphatic heterocycles. The Balaban J connectivity index is 2.23. The Hall–Kier alpha value is -2.02. The molecule has 0 fully saturated rings. The van der Waals surface area contributed by atoms with Gasteiger partial charge in [0.1, 0.15) is 0 Å². The molecule has 0 aliphatic carbocycles. The molecule has 0 atom stereocenters. The molecule has 0 radical (unpaired) electrons. The van der Waals surface area contributed by atoms with Crippen LogP contribution in [-0.4, -0.2) is 16.8 Å². The van der Waals surface area contributed by atoms with Crippen molar-refractivity contribution in [2.75, 3.05) is 5.43 Å². The lowest BCUT2D eigenvalue weighted by Gasteiger charge is -2.18. The van der Waals surface area contributed by atoms with Gasteiger partial charge in [-0.05, 0) is 18.2 Å². The standard InChI is InChI=1S/C11H6ClF3N2O2/c12-7-5-6(11(13,14)15)1-2-8(7)16-17-9(18)3-4-10(17)19/h1-5,16H. The first-order valence-electron chi connectivity index (χ1n) is 4.98. The van der Waals surface area contributed by atoms with Gasteiger partial charge in [-0.25, -0.2) is 0 Å². The summed E-state index contributed by atoms with van der Waals surface area (Å²) in [5.41, 5.74) is 1.47. The summed E-state index contributed by atoms with van der Waals surface area (Å²) in [7, 11) is 0. The summed E-state index contributed by atoms with van der Waals surface area (Å²) in [4.78, 5) is 22.5. The number of benzene rings is 1. The van der Waals surface area contributed by atoms with Crippen LogP contribution in [0.25, 0.3) is 0 Å². The maximum Gasteiger partial charge on any atom is 0.416 e. The second kappa shape index (κ2) is 4.58. The van der Waals surface area contributed by atoms with Crippen molar-refractivity contribution in [2.45, 2.75) is 6.18 Å². The van der Waals surface area contributed by atoms with E-state index in [0.29, 0.717) is 11.1 Å². The summed E-state index contributed by atoms with van der Waals surface area (Å²) in [5, 5.41) is 0.399. The van der Waals surface area contributed by atoms with E-state index in [9.17, 15) is 22.8 Å². The highest BCUT2D eigenvalue weighted by Crippen LogP contribution is 2.34. The number of carbonyl (C=O) groups excluding carboxylic acids is 2. The maximum absolute atomic E-state index is 12.4. The molecule has 19 heavy (non-hydrogen) atoms. The number of anilines is 1. The molecule has 0 unspecified atom stereocenters. The normalized spacial score (nSPS) is 15.3. The van der Waals surface area contributed by atoms with Crippen molar-refractivity contribution in [3.8, 4) is 0 Å². The van der Waals surface area contributed by atoms with Gasteiger partial charge in [-0.2, -0.15) is 18.2 Å². The molecule has 1 aromatic rings. The zero-order chi connectivity index (χ0) is 14.2. The second-order valence-corrected chi connectivity index (χ2v) is 4.06. The highest BCUT2D eigenvalue weighted by Gasteiger charge is 2.31. The zero-order valence-electron chi connectivity index (χ0n) is 9.16. The number of amides is 2. The average molecular weight is 291 g/mol. The predicted molar refractivity (Wildman–Crippen MR) is 61.1 cm³/mol. The van der Waals surface area contributed by atoms with Crippen LogP contribution >= 0.6 is 11.6 Å². The van der Waals surface area contributed by atoms with Gasteiger partial charge < -0.3 is 0 Å². The third-order valence-electron chi connectivity index (χ3n) is 2.34. The molecule has 8 heteroatoms. The maximum atomic E-state index is 12.4. The van der Waals surface area contributed by atoms with Crippen LogP contribution in [0.1, 0.15) is 5.56 Å². The van der Waals surface area contributed by atoms with Gasteiger partial charge in [0.15, 0.2) is 0 Å². The highest BCUT2D eigenvalue weighted by atomic mass is 35.5. The summed E-state index contributed by atoms with van der Waals surface area (Å²) in [6, 6.07) is 2.55. The quantitative estimate of drug-likeness (QED) is 0.852. The minimum Gasteiger partial charge on any atom is -0.287 e. The Morgan fingerprint density at radius 1 is 1.11 bits per heavy atom. The molecule has 1 aromatic carbocycles. The Kier molecular flexibility index (Phi) is 3.23. The van der Waals surface area contributed by atoms with Crippen LogP contribution in [0.5, 0.6) is 0 Å². The van der Waals surface area contributed by atoms with Crippen LogP contribution in [0, 0.1) is 0 Å². The molecule has 4 nitrogen and oxygen atoms in total. The third kappa shape index (κ3) is 2.70. The van der Waals surface area contributed by atoms with Gasteiger partial charge in [-0.3, -0.25) is 15.0 Å². The summed E-state index contributed by atoms with van der Waals surface area (Å²) in [6.07, 6.45) is -2.44. The fraction of sp³-hybridized carbons (Fsp3) is 0.0909. The van der Waals surface area contributed by atoms with Crippen molar-refractivity contribution >= 4 is 29.1 Å². The smallest absolute Gasteiger partial charge is 0.287 e. The van der Waals surface area contributed by atoms with Crippen LogP contribution in [0.15, 0.2) is 30.4 Å². The lowest BCUT2D eigenvalue weighted by molar-refractivity contribution is -0.138. The molecule has 0 saturated heterocycles. The topological polar surface area (TPSA) is 49.4 Å². The lowest BCUT2D eigenvalue weighted by atomic mass is 10.2. The third-order valence-corrected chi connectivity index (χ3v) is 2.65. The van der Waals surface area contributed by atoms with Crippen molar-refractivity contribution in [1.29, 1.82) is 0 Å². The SMILES string of the molecule is O=C1C=CC(=O)N1Nc1ccc(C(F)(F)F)cc1Cl. The largest absolute Gasteiger partial charge is 0.416 e. The van der Waals surface area contributed by atoms with E-state index >= 15 is 0 Å². The van der Waals surface area contributed by atoms with Crippen LogP contribution in [-0.2, 0) is 15.8 Å². The molecule has 1 heterocycles. The zero-order valence-corrected chi connectivity index (χ0v) is 9.92. The molecular formula is C11H6ClF3N2O2. The second-order valence-electron chi connectivity index (χ2n) is 3.65. The van der Waals surface area contributed by atoms with Crippen molar-refractivity contribution in [1.82, 2.24) is 5.01 Å². The highest BCUT2D eigenvalue weighted by molar-refractivity contribution is 6.33. The monoisotopic (exact) mass is 290 g/mol. The fourth-order valence-corrected chi connectivity index (χ4v) is 1.64. The van der Waals surface area contributed by atoms with E-state index in [1.807, 2.05) is 0 Å². The molecule has 100 valence electrons. The first kappa shape index (κ1) is 13.4. The van der Waals surface area contributed by atoms with E-state index in [2.05, 4.69) is 5.43 Å². The fourth-order valence-electron chi connectivity index (χ4n) is 1.41. The molecule has 1 aliphatic rings. The number of imide groups is 1. The molecule has 0 saturated carbocycles. The Bertz CT molecular complexity index is 566. The van der Waals surface area contributed by atoms with E-state index in [4.69, 9.17) is 11.6 Å². The lowest BCUT2D eigenvalue weighted by Crippen LogP contribution is -2.35.